The second kappa shape index (κ2) is 8.04. The molecule has 144 valence electrons. The van der Waals surface area contributed by atoms with Gasteiger partial charge in [0.25, 0.3) is 17.6 Å². The molecule has 7 nitrogen and oxygen atoms in total. The summed E-state index contributed by atoms with van der Waals surface area (Å²) in [5, 5.41) is 5.28. The molecule has 0 radical (unpaired) electrons. The highest BCUT2D eigenvalue weighted by atomic mass is 16.2. The highest BCUT2D eigenvalue weighted by Gasteiger charge is 2.36. The summed E-state index contributed by atoms with van der Waals surface area (Å²) >= 11 is 0. The minimum absolute atomic E-state index is 0.132. The first-order valence-electron chi connectivity index (χ1n) is 9.05. The number of carbonyl (C=O) groups is 4. The fraction of sp³-hybridized carbons (Fsp3) is 0.238. The van der Waals surface area contributed by atoms with Crippen molar-refractivity contribution in [2.45, 2.75) is 26.3 Å². The number of amides is 3. The molecule has 3 rings (SSSR count). The largest absolute Gasteiger partial charge is 0.355 e. The molecule has 7 heteroatoms. The van der Waals surface area contributed by atoms with E-state index in [0.717, 1.165) is 12.0 Å². The summed E-state index contributed by atoms with van der Waals surface area (Å²) in [5.41, 5.74) is 2.60. The van der Waals surface area contributed by atoms with Gasteiger partial charge in [0.15, 0.2) is 0 Å². The van der Waals surface area contributed by atoms with Crippen LogP contribution >= 0.6 is 0 Å². The number of benzene rings is 2. The van der Waals surface area contributed by atoms with E-state index in [0.29, 0.717) is 23.4 Å². The van der Waals surface area contributed by atoms with Gasteiger partial charge in [-0.25, -0.2) is 0 Å². The number of rotatable bonds is 6. The van der Waals surface area contributed by atoms with Gasteiger partial charge in [0.2, 0.25) is 5.91 Å². The highest BCUT2D eigenvalue weighted by molar-refractivity contribution is 6.52. The maximum absolute atomic E-state index is 12.4. The van der Waals surface area contributed by atoms with Gasteiger partial charge in [-0.05, 0) is 42.3 Å². The monoisotopic (exact) mass is 379 g/mol. The molecule has 0 bridgehead atoms. The third-order valence-electron chi connectivity index (χ3n) is 4.52. The smallest absolute Gasteiger partial charge is 0.299 e. The zero-order valence-corrected chi connectivity index (χ0v) is 15.7. The third-order valence-corrected chi connectivity index (χ3v) is 4.52. The van der Waals surface area contributed by atoms with E-state index < -0.39 is 11.7 Å². The Balaban J connectivity index is 1.81. The minimum Gasteiger partial charge on any atom is -0.355 e. The van der Waals surface area contributed by atoms with Crippen molar-refractivity contribution in [2.75, 3.05) is 17.3 Å². The summed E-state index contributed by atoms with van der Waals surface area (Å²) in [6.45, 7) is 2.12. The normalized spacial score (nSPS) is 12.7. The molecular formula is C21H21N3O4. The molecule has 3 amide bonds. The number of nitrogens with zero attached hydrogens (tertiary/aromatic N) is 1. The molecule has 2 aromatic carbocycles. The molecule has 0 aliphatic carbocycles. The molecule has 2 N–H and O–H groups in total. The number of hydrogen-bond donors (Lipinski definition) is 2. The molecule has 0 atom stereocenters. The molecule has 1 aliphatic heterocycles. The van der Waals surface area contributed by atoms with Crippen LogP contribution < -0.4 is 15.5 Å². The average molecular weight is 379 g/mol. The van der Waals surface area contributed by atoms with E-state index in [1.165, 1.54) is 11.0 Å². The van der Waals surface area contributed by atoms with Crippen molar-refractivity contribution in [2.24, 2.45) is 0 Å². The molecule has 28 heavy (non-hydrogen) atoms. The van der Waals surface area contributed by atoms with Crippen molar-refractivity contribution < 1.29 is 19.2 Å². The molecule has 1 heterocycles. The van der Waals surface area contributed by atoms with E-state index in [-0.39, 0.29) is 23.9 Å². The Bertz CT molecular complexity index is 951. The maximum atomic E-state index is 12.4. The van der Waals surface area contributed by atoms with E-state index in [1.807, 2.05) is 6.92 Å². The summed E-state index contributed by atoms with van der Waals surface area (Å²) in [6, 6.07) is 11.7. The molecule has 0 spiro atoms. The minimum atomic E-state index is -0.609. The van der Waals surface area contributed by atoms with E-state index in [4.69, 9.17) is 0 Å². The van der Waals surface area contributed by atoms with Gasteiger partial charge < -0.3 is 15.5 Å². The average Bonchev–Trinajstić information content (AvgIpc) is 2.92. The zero-order chi connectivity index (χ0) is 20.3. The van der Waals surface area contributed by atoms with Crippen LogP contribution in [-0.2, 0) is 16.1 Å². The summed E-state index contributed by atoms with van der Waals surface area (Å²) in [5.74, 6) is -1.53. The fourth-order valence-corrected chi connectivity index (χ4v) is 3.07. The quantitative estimate of drug-likeness (QED) is 0.754. The summed E-state index contributed by atoms with van der Waals surface area (Å²) < 4.78 is 0. The summed E-state index contributed by atoms with van der Waals surface area (Å²) in [7, 11) is 1.56. The Morgan fingerprint density at radius 1 is 1.04 bits per heavy atom. The van der Waals surface area contributed by atoms with Crippen LogP contribution in [0.5, 0.6) is 0 Å². The molecule has 0 saturated carbocycles. The molecule has 1 aliphatic rings. The van der Waals surface area contributed by atoms with Gasteiger partial charge in [0.05, 0.1) is 17.8 Å². The van der Waals surface area contributed by atoms with Crippen molar-refractivity contribution in [1.82, 2.24) is 5.32 Å². The number of ketones is 1. The second-order valence-electron chi connectivity index (χ2n) is 6.53. The Morgan fingerprint density at radius 2 is 1.75 bits per heavy atom. The Hall–Kier alpha value is -3.48. The van der Waals surface area contributed by atoms with Crippen molar-refractivity contribution in [3.8, 4) is 0 Å². The lowest BCUT2D eigenvalue weighted by atomic mass is 10.1. The lowest BCUT2D eigenvalue weighted by Crippen LogP contribution is -2.29. The first-order chi connectivity index (χ1) is 13.4. The van der Waals surface area contributed by atoms with Crippen LogP contribution in [0.25, 0.3) is 0 Å². The van der Waals surface area contributed by atoms with E-state index in [2.05, 4.69) is 10.6 Å². The fourth-order valence-electron chi connectivity index (χ4n) is 3.07. The zero-order valence-electron chi connectivity index (χ0n) is 15.7. The van der Waals surface area contributed by atoms with Crippen LogP contribution in [0.2, 0.25) is 0 Å². The predicted molar refractivity (Wildman–Crippen MR) is 105 cm³/mol. The summed E-state index contributed by atoms with van der Waals surface area (Å²) in [6.07, 6.45) is 1.11. The van der Waals surface area contributed by atoms with Crippen molar-refractivity contribution in [3.05, 3.63) is 59.2 Å². The number of fused-ring (bicyclic) bond motifs is 1. The van der Waals surface area contributed by atoms with Crippen LogP contribution in [0.4, 0.5) is 11.4 Å². The van der Waals surface area contributed by atoms with Crippen molar-refractivity contribution >= 4 is 34.9 Å². The van der Waals surface area contributed by atoms with Gasteiger partial charge in [-0.15, -0.1) is 0 Å². The Labute approximate surface area is 162 Å². The van der Waals surface area contributed by atoms with E-state index in [1.54, 1.807) is 43.4 Å². The number of nitrogens with one attached hydrogen (secondary N) is 2. The third kappa shape index (κ3) is 3.78. The van der Waals surface area contributed by atoms with Gasteiger partial charge in [-0.2, -0.15) is 0 Å². The second-order valence-corrected chi connectivity index (χ2v) is 6.53. The van der Waals surface area contributed by atoms with E-state index >= 15 is 0 Å². The highest BCUT2D eigenvalue weighted by Crippen LogP contribution is 2.32. The van der Waals surface area contributed by atoms with Crippen molar-refractivity contribution in [3.63, 3.8) is 0 Å². The SMILES string of the molecule is CCCC(=O)Nc1ccc2c(c1)C(=O)C(=O)N2Cc1ccc(C(=O)NC)cc1. The van der Waals surface area contributed by atoms with Crippen molar-refractivity contribution in [1.29, 1.82) is 0 Å². The molecule has 2 aromatic rings. The Morgan fingerprint density at radius 3 is 2.39 bits per heavy atom. The first-order valence-corrected chi connectivity index (χ1v) is 9.05. The molecule has 0 saturated heterocycles. The van der Waals surface area contributed by atoms with Gasteiger partial charge >= 0.3 is 0 Å². The van der Waals surface area contributed by atoms with Crippen LogP contribution in [0, 0.1) is 0 Å². The van der Waals surface area contributed by atoms with Crippen LogP contribution in [0.1, 0.15) is 46.0 Å². The number of Topliss-reactive ketones (excluding diaryl/α,β-unsaturated/α-hetero) is 1. The number of anilines is 2. The van der Waals surface area contributed by atoms with Crippen LogP contribution in [0.3, 0.4) is 0 Å². The number of carbonyl (C=O) groups excluding carboxylic acids is 4. The molecular weight excluding hydrogens is 358 g/mol. The topological polar surface area (TPSA) is 95.6 Å². The predicted octanol–water partition coefficient (Wildman–Crippen LogP) is 2.51. The van der Waals surface area contributed by atoms with Gasteiger partial charge in [-0.3, -0.25) is 19.2 Å². The lowest BCUT2D eigenvalue weighted by Gasteiger charge is -2.17. The number of hydrogen-bond acceptors (Lipinski definition) is 4. The van der Waals surface area contributed by atoms with Gasteiger partial charge in [0, 0.05) is 24.7 Å². The van der Waals surface area contributed by atoms with Gasteiger partial charge in [0.1, 0.15) is 0 Å². The Kier molecular flexibility index (Phi) is 5.54. The molecule has 0 aromatic heterocycles. The first kappa shape index (κ1) is 19.3. The summed E-state index contributed by atoms with van der Waals surface area (Å²) in [4.78, 5) is 49.6. The maximum Gasteiger partial charge on any atom is 0.299 e. The lowest BCUT2D eigenvalue weighted by molar-refractivity contribution is -0.116. The van der Waals surface area contributed by atoms with Crippen LogP contribution in [-0.4, -0.2) is 30.6 Å². The molecule has 0 fully saturated rings. The van der Waals surface area contributed by atoms with Crippen LogP contribution in [0.15, 0.2) is 42.5 Å². The van der Waals surface area contributed by atoms with E-state index in [9.17, 15) is 19.2 Å². The standard InChI is InChI=1S/C21H21N3O4/c1-3-4-18(25)23-15-9-10-17-16(11-15)19(26)21(28)24(17)12-13-5-7-14(8-6-13)20(27)22-2/h5-11H,3-4,12H2,1-2H3,(H,22,27)(H,23,25). The molecule has 0 unspecified atom stereocenters. The van der Waals surface area contributed by atoms with Gasteiger partial charge in [-0.1, -0.05) is 19.1 Å².